The van der Waals surface area contributed by atoms with Crippen LogP contribution in [-0.2, 0) is 4.79 Å². The van der Waals surface area contributed by atoms with Gasteiger partial charge in [0.2, 0.25) is 5.91 Å². The predicted molar refractivity (Wildman–Crippen MR) is 134 cm³/mol. The SMILES string of the molecule is COc1ccc(NC(=O)CSc2nnc([C@@H](C)N3CCCCC3)n2-c2ccc(OC)cc2)cc1. The molecule has 8 nitrogen and oxygen atoms in total. The Morgan fingerprint density at radius 3 is 2.21 bits per heavy atom. The molecular formula is C25H31N5O3S. The summed E-state index contributed by atoms with van der Waals surface area (Å²) in [5.74, 6) is 2.53. The molecule has 0 saturated carbocycles. The predicted octanol–water partition coefficient (Wildman–Crippen LogP) is 4.56. The molecule has 180 valence electrons. The van der Waals surface area contributed by atoms with Gasteiger partial charge in [0.1, 0.15) is 11.5 Å². The van der Waals surface area contributed by atoms with Gasteiger partial charge in [0.05, 0.1) is 26.0 Å². The Morgan fingerprint density at radius 2 is 1.59 bits per heavy atom. The van der Waals surface area contributed by atoms with Crippen molar-refractivity contribution in [2.75, 3.05) is 38.4 Å². The van der Waals surface area contributed by atoms with Crippen LogP contribution in [0.25, 0.3) is 5.69 Å². The van der Waals surface area contributed by atoms with E-state index in [0.29, 0.717) is 5.16 Å². The molecule has 9 heteroatoms. The minimum Gasteiger partial charge on any atom is -0.497 e. The first-order valence-electron chi connectivity index (χ1n) is 11.5. The van der Waals surface area contributed by atoms with E-state index in [0.717, 1.165) is 41.8 Å². The van der Waals surface area contributed by atoms with Crippen molar-refractivity contribution in [3.8, 4) is 17.2 Å². The van der Waals surface area contributed by atoms with E-state index in [1.807, 2.05) is 48.5 Å². The number of aromatic nitrogens is 3. The highest BCUT2D eigenvalue weighted by Crippen LogP contribution is 2.30. The van der Waals surface area contributed by atoms with Crippen LogP contribution in [0, 0.1) is 0 Å². The zero-order chi connectivity index (χ0) is 23.9. The molecule has 0 bridgehead atoms. The van der Waals surface area contributed by atoms with Crippen LogP contribution in [0.5, 0.6) is 11.5 Å². The molecule has 1 atom stereocenters. The highest BCUT2D eigenvalue weighted by molar-refractivity contribution is 7.99. The van der Waals surface area contributed by atoms with Crippen LogP contribution in [0.2, 0.25) is 0 Å². The summed E-state index contributed by atoms with van der Waals surface area (Å²) in [5.41, 5.74) is 1.67. The third-order valence-corrected chi connectivity index (χ3v) is 6.94. The van der Waals surface area contributed by atoms with Crippen LogP contribution in [0.15, 0.2) is 53.7 Å². The van der Waals surface area contributed by atoms with Gasteiger partial charge in [-0.1, -0.05) is 18.2 Å². The maximum Gasteiger partial charge on any atom is 0.234 e. The lowest BCUT2D eigenvalue weighted by Crippen LogP contribution is -2.33. The second kappa shape index (κ2) is 11.4. The summed E-state index contributed by atoms with van der Waals surface area (Å²) in [4.78, 5) is 15.1. The summed E-state index contributed by atoms with van der Waals surface area (Å²) in [6.07, 6.45) is 3.68. The first-order valence-corrected chi connectivity index (χ1v) is 12.5. The number of likely N-dealkylation sites (tertiary alicyclic amines) is 1. The highest BCUT2D eigenvalue weighted by Gasteiger charge is 2.26. The van der Waals surface area contributed by atoms with Crippen LogP contribution in [0.1, 0.15) is 38.1 Å². The number of methoxy groups -OCH3 is 2. The maximum atomic E-state index is 12.6. The minimum atomic E-state index is -0.106. The smallest absolute Gasteiger partial charge is 0.234 e. The van der Waals surface area contributed by atoms with E-state index in [1.54, 1.807) is 14.2 Å². The second-order valence-electron chi connectivity index (χ2n) is 8.21. The average Bonchev–Trinajstić information content (AvgIpc) is 3.32. The molecule has 1 aliphatic heterocycles. The zero-order valence-corrected chi connectivity index (χ0v) is 20.7. The van der Waals surface area contributed by atoms with Crippen molar-refractivity contribution >= 4 is 23.4 Å². The summed E-state index contributed by atoms with van der Waals surface area (Å²) < 4.78 is 12.6. The number of hydrogen-bond acceptors (Lipinski definition) is 7. The van der Waals surface area contributed by atoms with Gasteiger partial charge in [0.15, 0.2) is 11.0 Å². The fraction of sp³-hybridized carbons (Fsp3) is 0.400. The van der Waals surface area contributed by atoms with Crippen molar-refractivity contribution in [2.45, 2.75) is 37.4 Å². The number of amides is 1. The Morgan fingerprint density at radius 1 is 0.971 bits per heavy atom. The first-order chi connectivity index (χ1) is 16.6. The molecule has 0 unspecified atom stereocenters. The molecule has 1 N–H and O–H groups in total. The van der Waals surface area contributed by atoms with E-state index < -0.39 is 0 Å². The minimum absolute atomic E-state index is 0.106. The molecule has 0 spiro atoms. The van der Waals surface area contributed by atoms with E-state index in [1.165, 1.54) is 31.0 Å². The number of carbonyl (C=O) groups excluding carboxylic acids is 1. The number of carbonyl (C=O) groups is 1. The lowest BCUT2D eigenvalue weighted by atomic mass is 10.1. The molecule has 3 aromatic rings. The third-order valence-electron chi connectivity index (χ3n) is 6.01. The largest absolute Gasteiger partial charge is 0.497 e. The number of anilines is 1. The van der Waals surface area contributed by atoms with Crippen molar-refractivity contribution < 1.29 is 14.3 Å². The molecule has 0 aliphatic carbocycles. The van der Waals surface area contributed by atoms with E-state index in [4.69, 9.17) is 9.47 Å². The highest BCUT2D eigenvalue weighted by atomic mass is 32.2. The first kappa shape index (κ1) is 24.1. The topological polar surface area (TPSA) is 81.5 Å². The molecule has 1 aliphatic rings. The molecular weight excluding hydrogens is 450 g/mol. The second-order valence-corrected chi connectivity index (χ2v) is 9.15. The van der Waals surface area contributed by atoms with Crippen molar-refractivity contribution in [1.29, 1.82) is 0 Å². The normalized spacial score (nSPS) is 15.0. The Bertz CT molecular complexity index is 1080. The van der Waals surface area contributed by atoms with Gasteiger partial charge in [-0.05, 0) is 81.4 Å². The molecule has 1 amide bonds. The van der Waals surface area contributed by atoms with Gasteiger partial charge in [-0.2, -0.15) is 0 Å². The number of benzene rings is 2. The molecule has 2 heterocycles. The van der Waals surface area contributed by atoms with Gasteiger partial charge in [0, 0.05) is 11.4 Å². The Balaban J connectivity index is 1.53. The summed E-state index contributed by atoms with van der Waals surface area (Å²) in [6, 6.07) is 15.2. The van der Waals surface area contributed by atoms with Gasteiger partial charge in [0.25, 0.3) is 0 Å². The van der Waals surface area contributed by atoms with E-state index in [2.05, 4.69) is 31.9 Å². The van der Waals surface area contributed by atoms with Gasteiger partial charge < -0.3 is 14.8 Å². The molecule has 1 saturated heterocycles. The van der Waals surface area contributed by atoms with E-state index in [9.17, 15) is 4.79 Å². The monoisotopic (exact) mass is 481 g/mol. The van der Waals surface area contributed by atoms with Gasteiger partial charge in [-0.15, -0.1) is 10.2 Å². The van der Waals surface area contributed by atoms with Crippen molar-refractivity contribution in [3.05, 3.63) is 54.4 Å². The molecule has 4 rings (SSSR count). The standard InChI is InChI=1S/C25H31N5O3S/c1-18(29-15-5-4-6-16-29)24-27-28-25(30(24)20-9-13-22(33-3)14-10-20)34-17-23(31)26-19-7-11-21(32-2)12-8-19/h7-14,18H,4-6,15-17H2,1-3H3,(H,26,31)/t18-/m1/s1. The summed E-state index contributed by atoms with van der Waals surface area (Å²) in [5, 5.41) is 12.6. The zero-order valence-electron chi connectivity index (χ0n) is 19.9. The number of piperidine rings is 1. The number of hydrogen-bond donors (Lipinski definition) is 1. The quantitative estimate of drug-likeness (QED) is 0.449. The van der Waals surface area contributed by atoms with Crippen molar-refractivity contribution in [1.82, 2.24) is 19.7 Å². The Labute approximate surface area is 204 Å². The molecule has 1 fully saturated rings. The lowest BCUT2D eigenvalue weighted by Gasteiger charge is -2.31. The third kappa shape index (κ3) is 5.71. The number of ether oxygens (including phenoxy) is 2. The fourth-order valence-corrected chi connectivity index (χ4v) is 4.85. The van der Waals surface area contributed by atoms with Gasteiger partial charge >= 0.3 is 0 Å². The number of rotatable bonds is 9. The van der Waals surface area contributed by atoms with Crippen LogP contribution >= 0.6 is 11.8 Å². The van der Waals surface area contributed by atoms with Crippen LogP contribution in [0.3, 0.4) is 0 Å². The summed E-state index contributed by atoms with van der Waals surface area (Å²) in [7, 11) is 3.27. The Hall–Kier alpha value is -3.04. The fourth-order valence-electron chi connectivity index (χ4n) is 4.09. The number of thioether (sulfide) groups is 1. The molecule has 0 radical (unpaired) electrons. The summed E-state index contributed by atoms with van der Waals surface area (Å²) >= 11 is 1.37. The average molecular weight is 482 g/mol. The van der Waals surface area contributed by atoms with Crippen LogP contribution < -0.4 is 14.8 Å². The summed E-state index contributed by atoms with van der Waals surface area (Å²) in [6.45, 7) is 4.30. The van der Waals surface area contributed by atoms with Gasteiger partial charge in [-0.25, -0.2) is 0 Å². The Kier molecular flexibility index (Phi) is 8.08. The van der Waals surface area contributed by atoms with Crippen molar-refractivity contribution in [2.24, 2.45) is 0 Å². The number of nitrogens with one attached hydrogen (secondary N) is 1. The van der Waals surface area contributed by atoms with Crippen LogP contribution in [-0.4, -0.2) is 58.6 Å². The number of nitrogens with zero attached hydrogens (tertiary/aromatic N) is 4. The maximum absolute atomic E-state index is 12.6. The van der Waals surface area contributed by atoms with Gasteiger partial charge in [-0.3, -0.25) is 14.3 Å². The lowest BCUT2D eigenvalue weighted by molar-refractivity contribution is -0.113. The van der Waals surface area contributed by atoms with Crippen LogP contribution in [0.4, 0.5) is 5.69 Å². The van der Waals surface area contributed by atoms with E-state index >= 15 is 0 Å². The molecule has 34 heavy (non-hydrogen) atoms. The van der Waals surface area contributed by atoms with E-state index in [-0.39, 0.29) is 17.7 Å². The molecule has 1 aromatic heterocycles. The molecule has 2 aromatic carbocycles. The van der Waals surface area contributed by atoms with Crippen molar-refractivity contribution in [3.63, 3.8) is 0 Å².